The van der Waals surface area contributed by atoms with Crippen LogP contribution in [-0.2, 0) is 11.2 Å². The Kier molecular flexibility index (Phi) is 3.63. The van der Waals surface area contributed by atoms with Crippen molar-refractivity contribution >= 4 is 11.6 Å². The van der Waals surface area contributed by atoms with Gasteiger partial charge in [-0.3, -0.25) is 4.79 Å². The van der Waals surface area contributed by atoms with Crippen molar-refractivity contribution in [1.29, 1.82) is 0 Å². The first-order valence-electron chi connectivity index (χ1n) is 7.56. The van der Waals surface area contributed by atoms with Crippen molar-refractivity contribution in [3.05, 3.63) is 66.5 Å². The monoisotopic (exact) mass is 321 g/mol. The van der Waals surface area contributed by atoms with Gasteiger partial charge in [0.1, 0.15) is 0 Å². The van der Waals surface area contributed by atoms with Crippen molar-refractivity contribution in [2.45, 2.75) is 6.42 Å². The Morgan fingerprint density at radius 1 is 1.12 bits per heavy atom. The summed E-state index contributed by atoms with van der Waals surface area (Å²) in [5.41, 5.74) is 2.58. The quantitative estimate of drug-likeness (QED) is 0.802. The zero-order chi connectivity index (χ0) is 16.4. The van der Waals surface area contributed by atoms with Crippen molar-refractivity contribution in [1.82, 2.24) is 9.78 Å². The van der Waals surface area contributed by atoms with Crippen LogP contribution < -0.4 is 14.8 Å². The van der Waals surface area contributed by atoms with Crippen molar-refractivity contribution in [2.24, 2.45) is 0 Å². The molecule has 0 unspecified atom stereocenters. The van der Waals surface area contributed by atoms with E-state index < -0.39 is 0 Å². The molecule has 0 atom stereocenters. The Balaban J connectivity index is 1.41. The number of fused-ring (bicyclic) bond motifs is 1. The molecule has 2 aromatic carbocycles. The van der Waals surface area contributed by atoms with Gasteiger partial charge in [-0.1, -0.05) is 12.1 Å². The third kappa shape index (κ3) is 2.94. The Morgan fingerprint density at radius 2 is 1.96 bits per heavy atom. The van der Waals surface area contributed by atoms with Gasteiger partial charge in [0.15, 0.2) is 11.5 Å². The highest BCUT2D eigenvalue weighted by Gasteiger charge is 2.14. The number of anilines is 1. The lowest BCUT2D eigenvalue weighted by Gasteiger charge is -2.07. The molecule has 6 nitrogen and oxygen atoms in total. The normalized spacial score (nSPS) is 12.2. The Bertz CT molecular complexity index is 858. The minimum absolute atomic E-state index is 0.0827. The smallest absolute Gasteiger partial charge is 0.231 e. The Labute approximate surface area is 138 Å². The average Bonchev–Trinajstić information content (AvgIpc) is 3.26. The minimum atomic E-state index is -0.0827. The van der Waals surface area contributed by atoms with Crippen LogP contribution in [0.3, 0.4) is 0 Å². The highest BCUT2D eigenvalue weighted by atomic mass is 16.7. The third-order valence-electron chi connectivity index (χ3n) is 3.73. The number of benzene rings is 2. The van der Waals surface area contributed by atoms with Gasteiger partial charge in [-0.15, -0.1) is 0 Å². The standard InChI is InChI=1S/C18H15N3O3/c22-18(20-14-4-7-16-17(11-14)24-12-23-16)10-13-2-5-15(6-3-13)21-9-1-8-19-21/h1-9,11H,10,12H2,(H,20,22). The van der Waals surface area contributed by atoms with Gasteiger partial charge in [0, 0.05) is 24.1 Å². The number of carbonyl (C=O) groups is 1. The zero-order valence-corrected chi connectivity index (χ0v) is 12.8. The summed E-state index contributed by atoms with van der Waals surface area (Å²) in [5.74, 6) is 1.26. The maximum absolute atomic E-state index is 12.2. The number of hydrogen-bond acceptors (Lipinski definition) is 4. The van der Waals surface area contributed by atoms with Gasteiger partial charge in [-0.2, -0.15) is 5.10 Å². The maximum atomic E-state index is 12.2. The van der Waals surface area contributed by atoms with E-state index in [1.165, 1.54) is 0 Å². The van der Waals surface area contributed by atoms with Gasteiger partial charge in [0.05, 0.1) is 12.1 Å². The lowest BCUT2D eigenvalue weighted by atomic mass is 10.1. The number of amides is 1. The van der Waals surface area contributed by atoms with E-state index >= 15 is 0 Å². The topological polar surface area (TPSA) is 65.4 Å². The molecule has 1 aliphatic heterocycles. The molecule has 0 spiro atoms. The van der Waals surface area contributed by atoms with E-state index in [9.17, 15) is 4.79 Å². The van der Waals surface area contributed by atoms with Gasteiger partial charge < -0.3 is 14.8 Å². The predicted octanol–water partition coefficient (Wildman–Crippen LogP) is 2.78. The molecule has 3 aromatic rings. The van der Waals surface area contributed by atoms with Crippen LogP contribution in [0.4, 0.5) is 5.69 Å². The van der Waals surface area contributed by atoms with Crippen LogP contribution in [-0.4, -0.2) is 22.5 Å². The number of aromatic nitrogens is 2. The fraction of sp³-hybridized carbons (Fsp3) is 0.111. The zero-order valence-electron chi connectivity index (χ0n) is 12.8. The van der Waals surface area contributed by atoms with Crippen molar-refractivity contribution in [3.8, 4) is 17.2 Å². The van der Waals surface area contributed by atoms with E-state index in [1.54, 1.807) is 29.1 Å². The Hall–Kier alpha value is -3.28. The van der Waals surface area contributed by atoms with Crippen LogP contribution in [0.2, 0.25) is 0 Å². The van der Waals surface area contributed by atoms with Crippen molar-refractivity contribution in [3.63, 3.8) is 0 Å². The molecule has 0 saturated heterocycles. The van der Waals surface area contributed by atoms with E-state index in [0.29, 0.717) is 23.6 Å². The lowest BCUT2D eigenvalue weighted by molar-refractivity contribution is -0.115. The van der Waals surface area contributed by atoms with E-state index in [2.05, 4.69) is 10.4 Å². The van der Waals surface area contributed by atoms with Gasteiger partial charge in [-0.25, -0.2) is 4.68 Å². The van der Waals surface area contributed by atoms with Crippen LogP contribution in [0, 0.1) is 0 Å². The Morgan fingerprint density at radius 3 is 2.75 bits per heavy atom. The summed E-state index contributed by atoms with van der Waals surface area (Å²) in [4.78, 5) is 12.2. The number of nitrogens with zero attached hydrogens (tertiary/aromatic N) is 2. The molecule has 0 bridgehead atoms. The van der Waals surface area contributed by atoms with Crippen molar-refractivity contribution in [2.75, 3.05) is 12.1 Å². The molecule has 0 saturated carbocycles. The second-order valence-electron chi connectivity index (χ2n) is 5.41. The summed E-state index contributed by atoms with van der Waals surface area (Å²) < 4.78 is 12.3. The van der Waals surface area contributed by atoms with E-state index in [1.807, 2.05) is 36.5 Å². The largest absolute Gasteiger partial charge is 0.454 e. The SMILES string of the molecule is O=C(Cc1ccc(-n2cccn2)cc1)Nc1ccc2c(c1)OCO2. The fourth-order valence-corrected chi connectivity index (χ4v) is 2.55. The van der Waals surface area contributed by atoms with E-state index in [-0.39, 0.29) is 12.7 Å². The van der Waals surface area contributed by atoms with Gasteiger partial charge in [0.25, 0.3) is 0 Å². The first-order valence-corrected chi connectivity index (χ1v) is 7.56. The summed E-state index contributed by atoms with van der Waals surface area (Å²) in [6.45, 7) is 0.218. The third-order valence-corrected chi connectivity index (χ3v) is 3.73. The van der Waals surface area contributed by atoms with Crippen LogP contribution in [0.15, 0.2) is 60.9 Å². The highest BCUT2D eigenvalue weighted by Crippen LogP contribution is 2.34. The van der Waals surface area contributed by atoms with Crippen LogP contribution in [0.5, 0.6) is 11.5 Å². The summed E-state index contributed by atoms with van der Waals surface area (Å²) in [5, 5.41) is 7.05. The summed E-state index contributed by atoms with van der Waals surface area (Å²) in [7, 11) is 0. The number of rotatable bonds is 4. The molecule has 4 rings (SSSR count). The second-order valence-corrected chi connectivity index (χ2v) is 5.41. The van der Waals surface area contributed by atoms with Gasteiger partial charge >= 0.3 is 0 Å². The van der Waals surface area contributed by atoms with E-state index in [4.69, 9.17) is 9.47 Å². The number of carbonyl (C=O) groups excluding carboxylic acids is 1. The summed E-state index contributed by atoms with van der Waals surface area (Å²) in [6.07, 6.45) is 3.90. The molecule has 0 radical (unpaired) electrons. The molecule has 1 aromatic heterocycles. The molecule has 120 valence electrons. The predicted molar refractivity (Wildman–Crippen MR) is 88.5 cm³/mol. The summed E-state index contributed by atoms with van der Waals surface area (Å²) in [6, 6.07) is 15.0. The van der Waals surface area contributed by atoms with E-state index in [0.717, 1.165) is 11.3 Å². The van der Waals surface area contributed by atoms with Crippen LogP contribution in [0.25, 0.3) is 5.69 Å². The second kappa shape index (κ2) is 6.08. The summed E-state index contributed by atoms with van der Waals surface area (Å²) >= 11 is 0. The molecule has 0 aliphatic carbocycles. The lowest BCUT2D eigenvalue weighted by Crippen LogP contribution is -2.14. The number of hydrogen-bond donors (Lipinski definition) is 1. The molecule has 6 heteroatoms. The highest BCUT2D eigenvalue weighted by molar-refractivity contribution is 5.92. The molecule has 24 heavy (non-hydrogen) atoms. The molecular weight excluding hydrogens is 306 g/mol. The van der Waals surface area contributed by atoms with Crippen LogP contribution in [0.1, 0.15) is 5.56 Å². The maximum Gasteiger partial charge on any atom is 0.231 e. The minimum Gasteiger partial charge on any atom is -0.454 e. The van der Waals surface area contributed by atoms with Crippen LogP contribution >= 0.6 is 0 Å². The molecule has 0 fully saturated rings. The van der Waals surface area contributed by atoms with Gasteiger partial charge in [0.2, 0.25) is 12.7 Å². The molecule has 1 N–H and O–H groups in total. The number of ether oxygens (including phenoxy) is 2. The average molecular weight is 321 g/mol. The van der Waals surface area contributed by atoms with Crippen molar-refractivity contribution < 1.29 is 14.3 Å². The molecular formula is C18H15N3O3. The molecule has 1 amide bonds. The molecule has 1 aliphatic rings. The first kappa shape index (κ1) is 14.3. The molecule has 2 heterocycles. The number of nitrogens with one attached hydrogen (secondary N) is 1. The first-order chi connectivity index (χ1) is 11.8. The fourth-order valence-electron chi connectivity index (χ4n) is 2.55. The van der Waals surface area contributed by atoms with Gasteiger partial charge in [-0.05, 0) is 35.9 Å².